The molecule has 0 bridgehead atoms. The molecule has 0 spiro atoms. The number of hydrogen-bond acceptors (Lipinski definition) is 2. The number of ether oxygens (including phenoxy) is 1. The summed E-state index contributed by atoms with van der Waals surface area (Å²) < 4.78 is 18.6. The number of rotatable bonds is 4. The fourth-order valence-electron chi connectivity index (χ4n) is 1.78. The van der Waals surface area contributed by atoms with Crippen LogP contribution in [0.4, 0.5) is 4.39 Å². The Kier molecular flexibility index (Phi) is 4.40. The Morgan fingerprint density at radius 1 is 1.21 bits per heavy atom. The van der Waals surface area contributed by atoms with Crippen molar-refractivity contribution < 1.29 is 9.13 Å². The molecule has 1 atom stereocenters. The molecule has 100 valence electrons. The molecule has 2 N–H and O–H groups in total. The zero-order valence-electron chi connectivity index (χ0n) is 10.6. The van der Waals surface area contributed by atoms with E-state index in [9.17, 15) is 4.39 Å². The predicted octanol–water partition coefficient (Wildman–Crippen LogP) is 4.16. The second kappa shape index (κ2) is 6.04. The largest absolute Gasteiger partial charge is 0.457 e. The van der Waals surface area contributed by atoms with Crippen LogP contribution in [-0.4, -0.2) is 6.04 Å². The van der Waals surface area contributed by atoms with Gasteiger partial charge in [-0.15, -0.1) is 0 Å². The summed E-state index contributed by atoms with van der Waals surface area (Å²) in [5.41, 5.74) is 6.75. The van der Waals surface area contributed by atoms with E-state index in [-0.39, 0.29) is 11.9 Å². The standard InChI is InChI=1S/C15H15ClFNO/c1-10(18)8-11-9-12(16)2-7-15(11)19-14-5-3-13(17)4-6-14/h2-7,9-10H,8,18H2,1H3. The Balaban J connectivity index is 2.26. The van der Waals surface area contributed by atoms with E-state index in [1.807, 2.05) is 13.0 Å². The van der Waals surface area contributed by atoms with Crippen molar-refractivity contribution in [2.75, 3.05) is 0 Å². The van der Waals surface area contributed by atoms with Crippen LogP contribution in [-0.2, 0) is 6.42 Å². The van der Waals surface area contributed by atoms with Crippen molar-refractivity contribution >= 4 is 11.6 Å². The summed E-state index contributed by atoms with van der Waals surface area (Å²) in [5, 5.41) is 0.641. The van der Waals surface area contributed by atoms with E-state index in [1.54, 1.807) is 24.3 Å². The van der Waals surface area contributed by atoms with Gasteiger partial charge in [0.1, 0.15) is 17.3 Å². The van der Waals surface area contributed by atoms with E-state index in [0.29, 0.717) is 22.9 Å². The topological polar surface area (TPSA) is 35.2 Å². The molecule has 0 aromatic heterocycles. The lowest BCUT2D eigenvalue weighted by Crippen LogP contribution is -2.18. The van der Waals surface area contributed by atoms with Crippen molar-refractivity contribution in [1.82, 2.24) is 0 Å². The van der Waals surface area contributed by atoms with Crippen molar-refractivity contribution in [3.05, 3.63) is 58.9 Å². The third-order valence-electron chi connectivity index (χ3n) is 2.61. The third kappa shape index (κ3) is 3.94. The molecule has 0 radical (unpaired) electrons. The second-order valence-electron chi connectivity index (χ2n) is 4.49. The Bertz CT molecular complexity index is 555. The zero-order chi connectivity index (χ0) is 13.8. The van der Waals surface area contributed by atoms with E-state index >= 15 is 0 Å². The van der Waals surface area contributed by atoms with E-state index in [1.165, 1.54) is 12.1 Å². The maximum atomic E-state index is 12.8. The molecule has 2 aromatic rings. The fourth-order valence-corrected chi connectivity index (χ4v) is 1.98. The predicted molar refractivity (Wildman–Crippen MR) is 75.3 cm³/mol. The van der Waals surface area contributed by atoms with Crippen LogP contribution in [0.1, 0.15) is 12.5 Å². The van der Waals surface area contributed by atoms with Crippen LogP contribution < -0.4 is 10.5 Å². The number of nitrogens with two attached hydrogens (primary N) is 1. The normalized spacial score (nSPS) is 12.2. The summed E-state index contributed by atoms with van der Waals surface area (Å²) in [7, 11) is 0. The molecular formula is C15H15ClFNO. The molecule has 2 rings (SSSR count). The number of hydrogen-bond donors (Lipinski definition) is 1. The number of benzene rings is 2. The van der Waals surface area contributed by atoms with Gasteiger partial charge in [0.2, 0.25) is 0 Å². The monoisotopic (exact) mass is 279 g/mol. The third-order valence-corrected chi connectivity index (χ3v) is 2.84. The van der Waals surface area contributed by atoms with E-state index in [0.717, 1.165) is 5.56 Å². The van der Waals surface area contributed by atoms with Gasteiger partial charge >= 0.3 is 0 Å². The van der Waals surface area contributed by atoms with E-state index < -0.39 is 0 Å². The Morgan fingerprint density at radius 3 is 2.53 bits per heavy atom. The van der Waals surface area contributed by atoms with E-state index in [2.05, 4.69) is 0 Å². The van der Waals surface area contributed by atoms with Gasteiger partial charge < -0.3 is 10.5 Å². The van der Waals surface area contributed by atoms with Crippen LogP contribution in [0, 0.1) is 5.82 Å². The van der Waals surface area contributed by atoms with Gasteiger partial charge in [-0.3, -0.25) is 0 Å². The molecular weight excluding hydrogens is 265 g/mol. The molecule has 0 aliphatic rings. The molecule has 2 nitrogen and oxygen atoms in total. The lowest BCUT2D eigenvalue weighted by molar-refractivity contribution is 0.472. The maximum absolute atomic E-state index is 12.8. The first-order chi connectivity index (χ1) is 9.04. The molecule has 2 aromatic carbocycles. The Labute approximate surface area is 117 Å². The Morgan fingerprint density at radius 2 is 1.89 bits per heavy atom. The smallest absolute Gasteiger partial charge is 0.130 e. The highest BCUT2D eigenvalue weighted by Gasteiger charge is 2.08. The lowest BCUT2D eigenvalue weighted by Gasteiger charge is -2.13. The summed E-state index contributed by atoms with van der Waals surface area (Å²) in [6.07, 6.45) is 0.664. The summed E-state index contributed by atoms with van der Waals surface area (Å²) in [4.78, 5) is 0. The Hall–Kier alpha value is -1.58. The van der Waals surface area contributed by atoms with Crippen LogP contribution in [0.3, 0.4) is 0 Å². The van der Waals surface area contributed by atoms with Crippen molar-refractivity contribution in [3.63, 3.8) is 0 Å². The second-order valence-corrected chi connectivity index (χ2v) is 4.93. The maximum Gasteiger partial charge on any atom is 0.130 e. The van der Waals surface area contributed by atoms with Crippen molar-refractivity contribution in [3.8, 4) is 11.5 Å². The summed E-state index contributed by atoms with van der Waals surface area (Å²) in [6, 6.07) is 11.3. The highest BCUT2D eigenvalue weighted by molar-refractivity contribution is 6.30. The molecule has 0 amide bonds. The first-order valence-corrected chi connectivity index (χ1v) is 6.40. The van der Waals surface area contributed by atoms with Gasteiger partial charge in [0, 0.05) is 11.1 Å². The fraction of sp³-hybridized carbons (Fsp3) is 0.200. The molecule has 0 saturated heterocycles. The van der Waals surface area contributed by atoms with Crippen LogP contribution >= 0.6 is 11.6 Å². The average molecular weight is 280 g/mol. The highest BCUT2D eigenvalue weighted by atomic mass is 35.5. The van der Waals surface area contributed by atoms with Gasteiger partial charge in [0.25, 0.3) is 0 Å². The highest BCUT2D eigenvalue weighted by Crippen LogP contribution is 2.28. The quantitative estimate of drug-likeness (QED) is 0.912. The zero-order valence-corrected chi connectivity index (χ0v) is 11.3. The van der Waals surface area contributed by atoms with Crippen LogP contribution in [0.5, 0.6) is 11.5 Å². The number of halogens is 2. The molecule has 0 saturated carbocycles. The SMILES string of the molecule is CC(N)Cc1cc(Cl)ccc1Oc1ccc(F)cc1. The molecule has 0 heterocycles. The molecule has 0 aliphatic heterocycles. The first kappa shape index (κ1) is 13.8. The molecule has 4 heteroatoms. The summed E-state index contributed by atoms with van der Waals surface area (Å²) >= 11 is 5.98. The van der Waals surface area contributed by atoms with Gasteiger partial charge in [-0.05, 0) is 61.4 Å². The van der Waals surface area contributed by atoms with E-state index in [4.69, 9.17) is 22.1 Å². The molecule has 0 aliphatic carbocycles. The molecule has 0 fully saturated rings. The van der Waals surface area contributed by atoms with Crippen molar-refractivity contribution in [2.45, 2.75) is 19.4 Å². The minimum Gasteiger partial charge on any atom is -0.457 e. The van der Waals surface area contributed by atoms with Gasteiger partial charge in [0.15, 0.2) is 0 Å². The lowest BCUT2D eigenvalue weighted by atomic mass is 10.1. The van der Waals surface area contributed by atoms with Gasteiger partial charge in [-0.25, -0.2) is 4.39 Å². The first-order valence-electron chi connectivity index (χ1n) is 6.02. The average Bonchev–Trinajstić information content (AvgIpc) is 2.34. The molecule has 19 heavy (non-hydrogen) atoms. The summed E-state index contributed by atoms with van der Waals surface area (Å²) in [6.45, 7) is 1.92. The van der Waals surface area contributed by atoms with Gasteiger partial charge in [-0.1, -0.05) is 11.6 Å². The van der Waals surface area contributed by atoms with Crippen molar-refractivity contribution in [2.24, 2.45) is 5.73 Å². The minimum absolute atomic E-state index is 0.00837. The summed E-state index contributed by atoms with van der Waals surface area (Å²) in [5.74, 6) is 0.974. The van der Waals surface area contributed by atoms with Crippen molar-refractivity contribution in [1.29, 1.82) is 0 Å². The van der Waals surface area contributed by atoms with Crippen LogP contribution in [0.25, 0.3) is 0 Å². The van der Waals surface area contributed by atoms with Gasteiger partial charge in [-0.2, -0.15) is 0 Å². The minimum atomic E-state index is -0.292. The molecule has 1 unspecified atom stereocenters. The van der Waals surface area contributed by atoms with Crippen LogP contribution in [0.15, 0.2) is 42.5 Å². The van der Waals surface area contributed by atoms with Crippen LogP contribution in [0.2, 0.25) is 5.02 Å². The van der Waals surface area contributed by atoms with Gasteiger partial charge in [0.05, 0.1) is 0 Å².